The molecular formula is C8H10N4S. The van der Waals surface area contributed by atoms with Crippen LogP contribution >= 0.6 is 12.2 Å². The Bertz CT molecular complexity index is 320. The van der Waals surface area contributed by atoms with Crippen LogP contribution in [0, 0.1) is 0 Å². The van der Waals surface area contributed by atoms with Crippen molar-refractivity contribution in [2.24, 2.45) is 16.6 Å². The van der Waals surface area contributed by atoms with Crippen LogP contribution in [0.2, 0.25) is 0 Å². The molecule has 1 aromatic rings. The average molecular weight is 194 g/mol. The molecule has 1 rings (SSSR count). The summed E-state index contributed by atoms with van der Waals surface area (Å²) in [5, 5.41) is 3.87. The van der Waals surface area contributed by atoms with Gasteiger partial charge in [-0.3, -0.25) is 5.43 Å². The lowest BCUT2D eigenvalue weighted by atomic mass is 10.2. The maximum Gasteiger partial charge on any atom is 0.184 e. The van der Waals surface area contributed by atoms with Crippen LogP contribution in [0.1, 0.15) is 5.56 Å². The molecule has 68 valence electrons. The number of amidine groups is 1. The third-order valence-electron chi connectivity index (χ3n) is 1.36. The van der Waals surface area contributed by atoms with Crippen molar-refractivity contribution in [1.29, 1.82) is 0 Å². The van der Waals surface area contributed by atoms with E-state index in [1.807, 2.05) is 30.3 Å². The van der Waals surface area contributed by atoms with Gasteiger partial charge in [0.25, 0.3) is 0 Å². The number of hydrazone groups is 1. The van der Waals surface area contributed by atoms with Crippen molar-refractivity contribution in [3.8, 4) is 0 Å². The van der Waals surface area contributed by atoms with Crippen LogP contribution in [0.15, 0.2) is 35.4 Å². The number of benzene rings is 1. The van der Waals surface area contributed by atoms with Gasteiger partial charge in [-0.15, -0.1) is 0 Å². The first kappa shape index (κ1) is 9.47. The van der Waals surface area contributed by atoms with E-state index in [0.717, 1.165) is 5.56 Å². The number of thiocarbonyl (C=S) groups is 1. The van der Waals surface area contributed by atoms with E-state index in [2.05, 4.69) is 22.7 Å². The van der Waals surface area contributed by atoms with Crippen molar-refractivity contribution in [3.05, 3.63) is 35.9 Å². The lowest BCUT2D eigenvalue weighted by Crippen LogP contribution is -2.28. The molecule has 0 amide bonds. The standard InChI is InChI=1S/C8H10N4S/c9-7(11-12-8(10)13)6-4-2-1-3-5-6/h1-5H,(H2,9,11)(H3,10,12,13). The van der Waals surface area contributed by atoms with Gasteiger partial charge in [-0.25, -0.2) is 0 Å². The summed E-state index contributed by atoms with van der Waals surface area (Å²) < 4.78 is 0. The van der Waals surface area contributed by atoms with Crippen molar-refractivity contribution < 1.29 is 0 Å². The molecule has 5 N–H and O–H groups in total. The predicted molar refractivity (Wildman–Crippen MR) is 57.1 cm³/mol. The van der Waals surface area contributed by atoms with Crippen molar-refractivity contribution >= 4 is 23.2 Å². The summed E-state index contributed by atoms with van der Waals surface area (Å²) >= 11 is 4.57. The maximum absolute atomic E-state index is 5.62. The Morgan fingerprint density at radius 2 is 1.85 bits per heavy atom. The molecule has 13 heavy (non-hydrogen) atoms. The highest BCUT2D eigenvalue weighted by Crippen LogP contribution is 1.96. The van der Waals surface area contributed by atoms with Crippen molar-refractivity contribution in [3.63, 3.8) is 0 Å². The first-order chi connectivity index (χ1) is 6.20. The van der Waals surface area contributed by atoms with Crippen LogP contribution in [-0.2, 0) is 0 Å². The third kappa shape index (κ3) is 3.08. The van der Waals surface area contributed by atoms with Crippen molar-refractivity contribution in [1.82, 2.24) is 5.43 Å². The highest BCUT2D eigenvalue weighted by Gasteiger charge is 1.95. The normalized spacial score (nSPS) is 10.9. The maximum atomic E-state index is 5.62. The van der Waals surface area contributed by atoms with E-state index in [0.29, 0.717) is 5.84 Å². The summed E-state index contributed by atoms with van der Waals surface area (Å²) in [6.45, 7) is 0. The molecule has 0 bridgehead atoms. The van der Waals surface area contributed by atoms with Crippen molar-refractivity contribution in [2.45, 2.75) is 0 Å². The molecule has 5 heteroatoms. The van der Waals surface area contributed by atoms with Crippen LogP contribution in [-0.4, -0.2) is 10.9 Å². The Morgan fingerprint density at radius 1 is 1.23 bits per heavy atom. The zero-order chi connectivity index (χ0) is 9.68. The molecule has 0 saturated heterocycles. The number of nitrogens with two attached hydrogens (primary N) is 2. The smallest absolute Gasteiger partial charge is 0.184 e. The quantitative estimate of drug-likeness (QED) is 0.271. The minimum atomic E-state index is 0.0962. The van der Waals surface area contributed by atoms with Gasteiger partial charge in [0.2, 0.25) is 0 Å². The van der Waals surface area contributed by atoms with Gasteiger partial charge in [-0.1, -0.05) is 30.3 Å². The zero-order valence-corrected chi connectivity index (χ0v) is 7.71. The highest BCUT2D eigenvalue weighted by molar-refractivity contribution is 7.80. The molecular weight excluding hydrogens is 184 g/mol. The van der Waals surface area contributed by atoms with E-state index in [-0.39, 0.29) is 5.11 Å². The minimum absolute atomic E-state index is 0.0962. The SMILES string of the molecule is NC(=S)N/N=C(\N)c1ccccc1. The number of nitrogens with zero attached hydrogens (tertiary/aromatic N) is 1. The first-order valence-corrected chi connectivity index (χ1v) is 4.05. The average Bonchev–Trinajstić information content (AvgIpc) is 2.15. The molecule has 4 nitrogen and oxygen atoms in total. The summed E-state index contributed by atoms with van der Waals surface area (Å²) in [5.41, 5.74) is 14.0. The summed E-state index contributed by atoms with van der Waals surface area (Å²) in [6.07, 6.45) is 0. The highest BCUT2D eigenvalue weighted by atomic mass is 32.1. The fourth-order valence-electron chi connectivity index (χ4n) is 0.789. The number of rotatable bonds is 2. The Morgan fingerprint density at radius 3 is 2.38 bits per heavy atom. The molecule has 0 saturated carbocycles. The largest absolute Gasteiger partial charge is 0.382 e. The van der Waals surface area contributed by atoms with Gasteiger partial charge < -0.3 is 11.5 Å². The molecule has 0 radical (unpaired) electrons. The van der Waals surface area contributed by atoms with Gasteiger partial charge in [0.15, 0.2) is 10.9 Å². The van der Waals surface area contributed by atoms with Gasteiger partial charge in [-0.2, -0.15) is 5.10 Å². The summed E-state index contributed by atoms with van der Waals surface area (Å²) in [5.74, 6) is 0.355. The second kappa shape index (κ2) is 4.42. The van der Waals surface area contributed by atoms with Crippen LogP contribution in [0.25, 0.3) is 0 Å². The molecule has 0 spiro atoms. The van der Waals surface area contributed by atoms with Gasteiger partial charge in [0, 0.05) is 5.56 Å². The number of hydrogen-bond donors (Lipinski definition) is 3. The van der Waals surface area contributed by atoms with Crippen LogP contribution in [0.5, 0.6) is 0 Å². The lowest BCUT2D eigenvalue weighted by molar-refractivity contribution is 1.03. The van der Waals surface area contributed by atoms with E-state index in [9.17, 15) is 0 Å². The van der Waals surface area contributed by atoms with Crippen molar-refractivity contribution in [2.75, 3.05) is 0 Å². The molecule has 0 aliphatic carbocycles. The zero-order valence-electron chi connectivity index (χ0n) is 6.90. The minimum Gasteiger partial charge on any atom is -0.382 e. The molecule has 0 aliphatic rings. The Kier molecular flexibility index (Phi) is 3.22. The third-order valence-corrected chi connectivity index (χ3v) is 1.45. The second-order valence-electron chi connectivity index (χ2n) is 2.34. The fraction of sp³-hybridized carbons (Fsp3) is 0. The van der Waals surface area contributed by atoms with E-state index < -0.39 is 0 Å². The predicted octanol–water partition coefficient (Wildman–Crippen LogP) is 0.140. The van der Waals surface area contributed by atoms with Crippen LogP contribution < -0.4 is 16.9 Å². The van der Waals surface area contributed by atoms with E-state index in [1.165, 1.54) is 0 Å². The van der Waals surface area contributed by atoms with E-state index in [1.54, 1.807) is 0 Å². The van der Waals surface area contributed by atoms with Crippen LogP contribution in [0.4, 0.5) is 0 Å². The summed E-state index contributed by atoms with van der Waals surface area (Å²) in [4.78, 5) is 0. The Hall–Kier alpha value is -1.62. The van der Waals surface area contributed by atoms with Gasteiger partial charge >= 0.3 is 0 Å². The first-order valence-electron chi connectivity index (χ1n) is 3.64. The molecule has 1 aromatic carbocycles. The molecule has 0 atom stereocenters. The number of nitrogens with one attached hydrogen (secondary N) is 1. The topological polar surface area (TPSA) is 76.4 Å². The van der Waals surface area contributed by atoms with Gasteiger partial charge in [-0.05, 0) is 12.2 Å². The van der Waals surface area contributed by atoms with Gasteiger partial charge in [0.05, 0.1) is 0 Å². The fourth-order valence-corrected chi connectivity index (χ4v) is 0.834. The van der Waals surface area contributed by atoms with E-state index in [4.69, 9.17) is 11.5 Å². The molecule has 0 aliphatic heterocycles. The lowest BCUT2D eigenvalue weighted by Gasteiger charge is -2.00. The second-order valence-corrected chi connectivity index (χ2v) is 2.78. The molecule has 0 heterocycles. The van der Waals surface area contributed by atoms with Gasteiger partial charge in [0.1, 0.15) is 0 Å². The monoisotopic (exact) mass is 194 g/mol. The Balaban J connectivity index is 2.73. The van der Waals surface area contributed by atoms with Crippen LogP contribution in [0.3, 0.4) is 0 Å². The molecule has 0 unspecified atom stereocenters. The van der Waals surface area contributed by atoms with E-state index >= 15 is 0 Å². The molecule has 0 aromatic heterocycles. The number of hydrogen-bond acceptors (Lipinski definition) is 2. The summed E-state index contributed by atoms with van der Waals surface area (Å²) in [7, 11) is 0. The summed E-state index contributed by atoms with van der Waals surface area (Å²) in [6, 6.07) is 9.34. The molecule has 0 fully saturated rings. The Labute approximate surface area is 81.6 Å².